The molecule has 5 nitrogen and oxygen atoms in total. The topological polar surface area (TPSA) is 66.5 Å². The number of benzene rings is 1. The highest BCUT2D eigenvalue weighted by molar-refractivity contribution is 7.99. The number of hydrogen-bond donors (Lipinski definition) is 1. The first-order valence-corrected chi connectivity index (χ1v) is 12.5. The van der Waals surface area contributed by atoms with Crippen molar-refractivity contribution < 1.29 is 13.2 Å². The Labute approximate surface area is 171 Å². The molecule has 0 spiro atoms. The van der Waals surface area contributed by atoms with Gasteiger partial charge >= 0.3 is 0 Å². The summed E-state index contributed by atoms with van der Waals surface area (Å²) in [5, 5.41) is 3.77. The van der Waals surface area contributed by atoms with Crippen LogP contribution in [0.5, 0.6) is 0 Å². The molecule has 0 atom stereocenters. The Hall–Kier alpha value is -0.760. The van der Waals surface area contributed by atoms with Gasteiger partial charge in [-0.15, -0.1) is 0 Å². The van der Waals surface area contributed by atoms with E-state index in [2.05, 4.69) is 5.32 Å². The average molecular weight is 431 g/mol. The van der Waals surface area contributed by atoms with E-state index in [0.717, 1.165) is 18.6 Å². The summed E-state index contributed by atoms with van der Waals surface area (Å²) in [7, 11) is -3.65. The van der Waals surface area contributed by atoms with Crippen LogP contribution in [0.2, 0.25) is 5.02 Å². The van der Waals surface area contributed by atoms with Crippen molar-refractivity contribution in [3.8, 4) is 0 Å². The SMILES string of the molecule is O=C(NCCSC1CCCCC1)c1ccc(Cl)c(S(=O)(=O)N2CCCC2)c1. The molecule has 1 N–H and O–H groups in total. The van der Waals surface area contributed by atoms with Crippen molar-refractivity contribution in [2.24, 2.45) is 0 Å². The monoisotopic (exact) mass is 430 g/mol. The van der Waals surface area contributed by atoms with Gasteiger partial charge in [-0.3, -0.25) is 4.79 Å². The van der Waals surface area contributed by atoms with Gasteiger partial charge in [-0.1, -0.05) is 30.9 Å². The molecular weight excluding hydrogens is 404 g/mol. The predicted octanol–water partition coefficient (Wildman–Crippen LogP) is 3.92. The van der Waals surface area contributed by atoms with Crippen molar-refractivity contribution in [2.75, 3.05) is 25.4 Å². The van der Waals surface area contributed by atoms with Crippen LogP contribution in [0, 0.1) is 0 Å². The van der Waals surface area contributed by atoms with Crippen molar-refractivity contribution in [2.45, 2.75) is 55.1 Å². The summed E-state index contributed by atoms with van der Waals surface area (Å²) in [6.45, 7) is 1.60. The number of halogens is 1. The van der Waals surface area contributed by atoms with Crippen LogP contribution >= 0.6 is 23.4 Å². The lowest BCUT2D eigenvalue weighted by Gasteiger charge is -2.21. The summed E-state index contributed by atoms with van der Waals surface area (Å²) in [6.07, 6.45) is 8.21. The molecule has 0 radical (unpaired) electrons. The van der Waals surface area contributed by atoms with Gasteiger partial charge in [0.15, 0.2) is 0 Å². The Morgan fingerprint density at radius 1 is 1.15 bits per heavy atom. The smallest absolute Gasteiger partial charge is 0.251 e. The van der Waals surface area contributed by atoms with E-state index in [1.165, 1.54) is 48.5 Å². The number of thioether (sulfide) groups is 1. The fourth-order valence-electron chi connectivity index (χ4n) is 3.63. The summed E-state index contributed by atoms with van der Waals surface area (Å²) < 4.78 is 27.0. The zero-order chi connectivity index (χ0) is 19.3. The molecule has 1 aromatic carbocycles. The van der Waals surface area contributed by atoms with E-state index >= 15 is 0 Å². The Morgan fingerprint density at radius 2 is 1.85 bits per heavy atom. The maximum absolute atomic E-state index is 12.8. The highest BCUT2D eigenvalue weighted by atomic mass is 35.5. The van der Waals surface area contributed by atoms with Crippen molar-refractivity contribution in [3.05, 3.63) is 28.8 Å². The summed E-state index contributed by atoms with van der Waals surface area (Å²) in [6, 6.07) is 4.48. The van der Waals surface area contributed by atoms with Crippen LogP contribution in [-0.2, 0) is 10.0 Å². The molecule has 3 rings (SSSR count). The second kappa shape index (κ2) is 9.63. The van der Waals surface area contributed by atoms with Crippen LogP contribution in [0.25, 0.3) is 0 Å². The Bertz CT molecular complexity index is 758. The van der Waals surface area contributed by atoms with Gasteiger partial charge in [-0.2, -0.15) is 16.1 Å². The van der Waals surface area contributed by atoms with Crippen LogP contribution in [0.3, 0.4) is 0 Å². The van der Waals surface area contributed by atoms with E-state index in [4.69, 9.17) is 11.6 Å². The average Bonchev–Trinajstić information content (AvgIpc) is 3.22. The number of sulfonamides is 1. The zero-order valence-corrected chi connectivity index (χ0v) is 17.8. The molecule has 0 unspecified atom stereocenters. The van der Waals surface area contributed by atoms with Gasteiger partial charge in [0.05, 0.1) is 5.02 Å². The Kier molecular flexibility index (Phi) is 7.48. The van der Waals surface area contributed by atoms with Gasteiger partial charge in [-0.25, -0.2) is 8.42 Å². The van der Waals surface area contributed by atoms with Gasteiger partial charge in [0.2, 0.25) is 10.0 Å². The van der Waals surface area contributed by atoms with Crippen molar-refractivity contribution in [1.29, 1.82) is 0 Å². The number of carbonyl (C=O) groups excluding carboxylic acids is 1. The molecule has 1 saturated carbocycles. The molecular formula is C19H27ClN2O3S2. The van der Waals surface area contributed by atoms with Gasteiger partial charge in [0.1, 0.15) is 4.90 Å². The first-order valence-electron chi connectivity index (χ1n) is 9.68. The number of amides is 1. The summed E-state index contributed by atoms with van der Waals surface area (Å²) in [5.74, 6) is 0.622. The van der Waals surface area contributed by atoms with Crippen molar-refractivity contribution in [1.82, 2.24) is 9.62 Å². The van der Waals surface area contributed by atoms with E-state index in [1.54, 1.807) is 6.07 Å². The summed E-state index contributed by atoms with van der Waals surface area (Å²) in [4.78, 5) is 12.5. The van der Waals surface area contributed by atoms with Crippen molar-refractivity contribution in [3.63, 3.8) is 0 Å². The van der Waals surface area contributed by atoms with Gasteiger partial charge in [-0.05, 0) is 43.9 Å². The predicted molar refractivity (Wildman–Crippen MR) is 111 cm³/mol. The maximum Gasteiger partial charge on any atom is 0.251 e. The number of nitrogens with one attached hydrogen (secondary N) is 1. The normalized spacial score (nSPS) is 19.3. The largest absolute Gasteiger partial charge is 0.351 e. The fourth-order valence-corrected chi connectivity index (χ4v) is 6.87. The van der Waals surface area contributed by atoms with E-state index in [9.17, 15) is 13.2 Å². The second-order valence-electron chi connectivity index (χ2n) is 7.14. The van der Waals surface area contributed by atoms with Crippen LogP contribution in [0.4, 0.5) is 0 Å². The lowest BCUT2D eigenvalue weighted by molar-refractivity contribution is 0.0956. The molecule has 27 heavy (non-hydrogen) atoms. The number of rotatable bonds is 7. The molecule has 8 heteroatoms. The Balaban J connectivity index is 1.58. The first-order chi connectivity index (χ1) is 13.0. The minimum absolute atomic E-state index is 0.0234. The van der Waals surface area contributed by atoms with E-state index in [-0.39, 0.29) is 15.8 Å². The van der Waals surface area contributed by atoms with Crippen LogP contribution < -0.4 is 5.32 Å². The molecule has 1 saturated heterocycles. The minimum Gasteiger partial charge on any atom is -0.351 e. The first kappa shape index (κ1) is 21.0. The minimum atomic E-state index is -3.65. The molecule has 1 aromatic rings. The Morgan fingerprint density at radius 3 is 2.56 bits per heavy atom. The quantitative estimate of drug-likeness (QED) is 0.665. The molecule has 1 amide bonds. The standard InChI is InChI=1S/C19H27ClN2O3S2/c20-17-9-8-15(14-18(17)27(24,25)22-11-4-5-12-22)19(23)21-10-13-26-16-6-2-1-3-7-16/h8-9,14,16H,1-7,10-13H2,(H,21,23). The van der Waals surface area contributed by atoms with Gasteiger partial charge in [0.25, 0.3) is 5.91 Å². The summed E-state index contributed by atoms with van der Waals surface area (Å²) >= 11 is 8.06. The molecule has 1 aliphatic heterocycles. The van der Waals surface area contributed by atoms with E-state index < -0.39 is 10.0 Å². The lowest BCUT2D eigenvalue weighted by atomic mass is 10.0. The second-order valence-corrected chi connectivity index (χ2v) is 10.9. The van der Waals surface area contributed by atoms with E-state index in [0.29, 0.717) is 30.4 Å². The van der Waals surface area contributed by atoms with Gasteiger partial charge in [0, 0.05) is 36.2 Å². The number of hydrogen-bond acceptors (Lipinski definition) is 4. The third kappa shape index (κ3) is 5.40. The molecule has 2 fully saturated rings. The molecule has 2 aliphatic rings. The molecule has 0 bridgehead atoms. The van der Waals surface area contributed by atoms with Crippen LogP contribution in [-0.4, -0.2) is 49.3 Å². The van der Waals surface area contributed by atoms with E-state index in [1.807, 2.05) is 11.8 Å². The highest BCUT2D eigenvalue weighted by Crippen LogP contribution is 2.29. The number of nitrogens with zero attached hydrogens (tertiary/aromatic N) is 1. The van der Waals surface area contributed by atoms with Gasteiger partial charge < -0.3 is 5.32 Å². The molecule has 1 aliphatic carbocycles. The highest BCUT2D eigenvalue weighted by Gasteiger charge is 2.29. The molecule has 0 aromatic heterocycles. The maximum atomic E-state index is 12.8. The third-order valence-electron chi connectivity index (χ3n) is 5.17. The van der Waals surface area contributed by atoms with Crippen LogP contribution in [0.15, 0.2) is 23.1 Å². The fraction of sp³-hybridized carbons (Fsp3) is 0.632. The summed E-state index contributed by atoms with van der Waals surface area (Å²) in [5.41, 5.74) is 0.333. The zero-order valence-electron chi connectivity index (χ0n) is 15.5. The lowest BCUT2D eigenvalue weighted by Crippen LogP contribution is -2.29. The molecule has 150 valence electrons. The molecule has 1 heterocycles. The number of carbonyl (C=O) groups is 1. The van der Waals surface area contributed by atoms with Crippen LogP contribution in [0.1, 0.15) is 55.3 Å². The third-order valence-corrected chi connectivity index (χ3v) is 8.93. The van der Waals surface area contributed by atoms with Crippen molar-refractivity contribution >= 4 is 39.3 Å².